The average Bonchev–Trinajstić information content (AvgIpc) is 3.51. The lowest BCUT2D eigenvalue weighted by Crippen LogP contribution is -2.01. The van der Waals surface area contributed by atoms with Gasteiger partial charge in [0.1, 0.15) is 11.2 Å². The van der Waals surface area contributed by atoms with E-state index in [-0.39, 0.29) is 0 Å². The molecule has 0 spiro atoms. The second kappa shape index (κ2) is 10.2. The van der Waals surface area contributed by atoms with E-state index in [0.717, 1.165) is 71.6 Å². The molecule has 0 aliphatic carbocycles. The maximum atomic E-state index is 6.71. The SMILES string of the molecule is c1ccc(-c2nc(-c3ccccc3)nc(-c3cc4c(-c5ccccc5)nc5ccccc5c4c4c3oc3ccccc34)n2)cc1. The number of aromatic nitrogens is 4. The fourth-order valence-electron chi connectivity index (χ4n) is 6.24. The lowest BCUT2D eigenvalue weighted by molar-refractivity contribution is 0.670. The molecule has 5 heteroatoms. The summed E-state index contributed by atoms with van der Waals surface area (Å²) in [5.74, 6) is 1.74. The molecule has 0 aliphatic rings. The Balaban J connectivity index is 1.46. The van der Waals surface area contributed by atoms with Crippen LogP contribution in [-0.4, -0.2) is 19.9 Å². The van der Waals surface area contributed by atoms with Crippen molar-refractivity contribution in [3.63, 3.8) is 0 Å². The average molecular weight is 577 g/mol. The van der Waals surface area contributed by atoms with Crippen LogP contribution in [-0.2, 0) is 0 Å². The molecule has 0 atom stereocenters. The first kappa shape index (κ1) is 25.3. The largest absolute Gasteiger partial charge is 0.455 e. The van der Waals surface area contributed by atoms with Crippen LogP contribution in [0.1, 0.15) is 0 Å². The van der Waals surface area contributed by atoms with Gasteiger partial charge in [-0.2, -0.15) is 0 Å². The molecular formula is C40H24N4O. The molecular weight excluding hydrogens is 552 g/mol. The van der Waals surface area contributed by atoms with Crippen LogP contribution in [0.5, 0.6) is 0 Å². The van der Waals surface area contributed by atoms with Crippen LogP contribution in [0.2, 0.25) is 0 Å². The van der Waals surface area contributed by atoms with Crippen LogP contribution in [0.3, 0.4) is 0 Å². The summed E-state index contributed by atoms with van der Waals surface area (Å²) < 4.78 is 6.71. The summed E-state index contributed by atoms with van der Waals surface area (Å²) in [4.78, 5) is 20.3. The molecule has 6 aromatic carbocycles. The van der Waals surface area contributed by atoms with Gasteiger partial charge in [-0.05, 0) is 18.2 Å². The molecule has 0 aliphatic heterocycles. The number of pyridine rings is 1. The second-order valence-corrected chi connectivity index (χ2v) is 11.0. The summed E-state index contributed by atoms with van der Waals surface area (Å²) in [7, 11) is 0. The van der Waals surface area contributed by atoms with E-state index >= 15 is 0 Å². The Hall–Kier alpha value is -6.20. The minimum Gasteiger partial charge on any atom is -0.455 e. The minimum absolute atomic E-state index is 0.542. The van der Waals surface area contributed by atoms with E-state index in [2.05, 4.69) is 60.7 Å². The van der Waals surface area contributed by atoms with Gasteiger partial charge >= 0.3 is 0 Å². The highest BCUT2D eigenvalue weighted by molar-refractivity contribution is 6.30. The maximum Gasteiger partial charge on any atom is 0.167 e. The third-order valence-electron chi connectivity index (χ3n) is 8.30. The molecule has 0 unspecified atom stereocenters. The van der Waals surface area contributed by atoms with E-state index in [1.807, 2.05) is 84.9 Å². The van der Waals surface area contributed by atoms with Crippen molar-refractivity contribution in [3.8, 4) is 45.4 Å². The molecule has 0 saturated heterocycles. The Morgan fingerprint density at radius 1 is 0.400 bits per heavy atom. The zero-order chi connectivity index (χ0) is 29.7. The Morgan fingerprint density at radius 3 is 1.60 bits per heavy atom. The third-order valence-corrected chi connectivity index (χ3v) is 8.30. The molecule has 3 aromatic heterocycles. The van der Waals surface area contributed by atoms with Crippen molar-refractivity contribution in [2.45, 2.75) is 0 Å². The number of benzene rings is 6. The van der Waals surface area contributed by atoms with Gasteiger partial charge in [0.2, 0.25) is 0 Å². The first-order valence-corrected chi connectivity index (χ1v) is 14.9. The summed E-state index contributed by atoms with van der Waals surface area (Å²) in [6.45, 7) is 0. The number of hydrogen-bond acceptors (Lipinski definition) is 5. The molecule has 9 rings (SSSR count). The second-order valence-electron chi connectivity index (χ2n) is 11.0. The number of hydrogen-bond donors (Lipinski definition) is 0. The Bertz CT molecular complexity index is 2470. The van der Waals surface area contributed by atoms with E-state index in [0.29, 0.717) is 17.5 Å². The lowest BCUT2D eigenvalue weighted by atomic mass is 9.93. The van der Waals surface area contributed by atoms with Crippen molar-refractivity contribution in [2.24, 2.45) is 0 Å². The fourth-order valence-corrected chi connectivity index (χ4v) is 6.24. The molecule has 3 heterocycles. The van der Waals surface area contributed by atoms with Gasteiger partial charge < -0.3 is 4.42 Å². The molecule has 5 nitrogen and oxygen atoms in total. The minimum atomic E-state index is 0.542. The van der Waals surface area contributed by atoms with Crippen LogP contribution in [0, 0.1) is 0 Å². The summed E-state index contributed by atoms with van der Waals surface area (Å²) in [6.07, 6.45) is 0. The first-order valence-electron chi connectivity index (χ1n) is 14.9. The van der Waals surface area contributed by atoms with Gasteiger partial charge in [0.05, 0.1) is 16.8 Å². The highest BCUT2D eigenvalue weighted by Gasteiger charge is 2.23. The molecule has 45 heavy (non-hydrogen) atoms. The molecule has 0 bridgehead atoms. The number of para-hydroxylation sites is 2. The van der Waals surface area contributed by atoms with E-state index in [1.165, 1.54) is 0 Å². The zero-order valence-corrected chi connectivity index (χ0v) is 24.1. The first-order chi connectivity index (χ1) is 22.3. The van der Waals surface area contributed by atoms with Crippen molar-refractivity contribution in [1.82, 2.24) is 19.9 Å². The summed E-state index contributed by atoms with van der Waals surface area (Å²) >= 11 is 0. The van der Waals surface area contributed by atoms with Crippen molar-refractivity contribution in [3.05, 3.63) is 146 Å². The highest BCUT2D eigenvalue weighted by Crippen LogP contribution is 2.45. The Morgan fingerprint density at radius 2 is 0.933 bits per heavy atom. The fraction of sp³-hybridized carbons (Fsp3) is 0. The summed E-state index contributed by atoms with van der Waals surface area (Å²) in [5.41, 5.74) is 7.04. The van der Waals surface area contributed by atoms with Crippen LogP contribution in [0.4, 0.5) is 0 Å². The molecule has 210 valence electrons. The lowest BCUT2D eigenvalue weighted by Gasteiger charge is -2.14. The standard InChI is InChI=1S/C40H24N4O/c1-4-14-25(15-5-1)36-30-24-31(40-43-38(26-16-6-2-7-17-26)42-39(44-40)27-18-8-3-9-19-27)37-35(29-21-11-13-23-33(29)45-37)34(30)28-20-10-12-22-32(28)41-36/h1-24H. The predicted molar refractivity (Wildman–Crippen MR) is 182 cm³/mol. The third kappa shape index (κ3) is 4.17. The molecule has 0 radical (unpaired) electrons. The van der Waals surface area contributed by atoms with Crippen molar-refractivity contribution in [1.29, 1.82) is 0 Å². The monoisotopic (exact) mass is 576 g/mol. The molecule has 0 amide bonds. The molecule has 9 aromatic rings. The van der Waals surface area contributed by atoms with Crippen LogP contribution >= 0.6 is 0 Å². The van der Waals surface area contributed by atoms with Gasteiger partial charge in [-0.3, -0.25) is 0 Å². The van der Waals surface area contributed by atoms with Gasteiger partial charge in [-0.25, -0.2) is 19.9 Å². The quantitative estimate of drug-likeness (QED) is 0.195. The van der Waals surface area contributed by atoms with Gasteiger partial charge in [0.25, 0.3) is 0 Å². The van der Waals surface area contributed by atoms with E-state index in [9.17, 15) is 0 Å². The van der Waals surface area contributed by atoms with Crippen LogP contribution in [0.25, 0.3) is 89.0 Å². The van der Waals surface area contributed by atoms with Crippen LogP contribution < -0.4 is 0 Å². The van der Waals surface area contributed by atoms with Crippen molar-refractivity contribution < 1.29 is 4.42 Å². The van der Waals surface area contributed by atoms with E-state index < -0.39 is 0 Å². The number of furan rings is 1. The smallest absolute Gasteiger partial charge is 0.167 e. The van der Waals surface area contributed by atoms with Crippen molar-refractivity contribution >= 4 is 43.6 Å². The summed E-state index contributed by atoms with van der Waals surface area (Å²) in [5, 5.41) is 5.24. The van der Waals surface area contributed by atoms with E-state index in [1.54, 1.807) is 0 Å². The van der Waals surface area contributed by atoms with E-state index in [4.69, 9.17) is 24.4 Å². The number of rotatable bonds is 4. The highest BCUT2D eigenvalue weighted by atomic mass is 16.3. The Labute approximate surface area is 258 Å². The van der Waals surface area contributed by atoms with Gasteiger partial charge in [0, 0.05) is 43.6 Å². The number of fused-ring (bicyclic) bond motifs is 7. The normalized spacial score (nSPS) is 11.6. The topological polar surface area (TPSA) is 64.7 Å². The zero-order valence-electron chi connectivity index (χ0n) is 24.1. The molecule has 0 saturated carbocycles. The summed E-state index contributed by atoms with van der Waals surface area (Å²) in [6, 6.07) is 49.1. The van der Waals surface area contributed by atoms with Crippen molar-refractivity contribution in [2.75, 3.05) is 0 Å². The Kier molecular flexibility index (Phi) is 5.74. The maximum absolute atomic E-state index is 6.71. The predicted octanol–water partition coefficient (Wildman–Crippen LogP) is 10.1. The van der Waals surface area contributed by atoms with Gasteiger partial charge in [-0.15, -0.1) is 0 Å². The molecule has 0 fully saturated rings. The van der Waals surface area contributed by atoms with Crippen LogP contribution in [0.15, 0.2) is 150 Å². The van der Waals surface area contributed by atoms with Gasteiger partial charge in [-0.1, -0.05) is 127 Å². The van der Waals surface area contributed by atoms with Gasteiger partial charge in [0.15, 0.2) is 17.5 Å². The number of nitrogens with zero attached hydrogens (tertiary/aromatic N) is 4. The molecule has 0 N–H and O–H groups in total.